The zero-order valence-corrected chi connectivity index (χ0v) is 15.2. The molecule has 0 saturated carbocycles. The number of furan rings is 1. The topological polar surface area (TPSA) is 71.8 Å². The third-order valence-electron chi connectivity index (χ3n) is 4.52. The zero-order valence-electron chi connectivity index (χ0n) is 15.2. The smallest absolute Gasteiger partial charge is 0.287 e. The molecule has 7 heteroatoms. The molecular formula is C20H23FN2O4. The Morgan fingerprint density at radius 1 is 1.22 bits per heavy atom. The van der Waals surface area contributed by atoms with Crippen LogP contribution in [0.15, 0.2) is 40.8 Å². The molecule has 1 aromatic heterocycles. The van der Waals surface area contributed by atoms with Crippen LogP contribution >= 0.6 is 0 Å². The number of hydrogen-bond donors (Lipinski definition) is 1. The molecule has 2 amide bonds. The number of nitrogens with one attached hydrogen (secondary N) is 1. The van der Waals surface area contributed by atoms with Gasteiger partial charge in [-0.1, -0.05) is 12.1 Å². The first-order valence-corrected chi connectivity index (χ1v) is 8.98. The molecule has 2 heterocycles. The molecule has 0 spiro atoms. The number of ether oxygens (including phenoxy) is 1. The Morgan fingerprint density at radius 2 is 2.00 bits per heavy atom. The third-order valence-corrected chi connectivity index (χ3v) is 4.52. The molecule has 1 N–H and O–H groups in total. The maximum Gasteiger partial charge on any atom is 0.287 e. The predicted octanol–water partition coefficient (Wildman–Crippen LogP) is 2.17. The van der Waals surface area contributed by atoms with Crippen molar-refractivity contribution in [2.45, 2.75) is 13.3 Å². The van der Waals surface area contributed by atoms with Crippen molar-refractivity contribution in [2.24, 2.45) is 5.92 Å². The number of halogens is 1. The fourth-order valence-electron chi connectivity index (χ4n) is 3.10. The van der Waals surface area contributed by atoms with E-state index in [4.69, 9.17) is 9.15 Å². The van der Waals surface area contributed by atoms with Crippen LogP contribution in [0.3, 0.4) is 0 Å². The van der Waals surface area contributed by atoms with Crippen LogP contribution in [0.5, 0.6) is 0 Å². The molecule has 1 saturated heterocycles. The molecule has 1 fully saturated rings. The Hall–Kier alpha value is -2.67. The minimum atomic E-state index is -0.495. The molecule has 27 heavy (non-hydrogen) atoms. The van der Waals surface area contributed by atoms with Crippen molar-refractivity contribution in [3.63, 3.8) is 0 Å². The van der Waals surface area contributed by atoms with Crippen molar-refractivity contribution in [1.82, 2.24) is 10.2 Å². The van der Waals surface area contributed by atoms with E-state index in [0.29, 0.717) is 44.0 Å². The van der Waals surface area contributed by atoms with Crippen molar-refractivity contribution in [1.29, 1.82) is 0 Å². The van der Waals surface area contributed by atoms with Gasteiger partial charge in [0.15, 0.2) is 5.76 Å². The van der Waals surface area contributed by atoms with Gasteiger partial charge in [-0.2, -0.15) is 0 Å². The average Bonchev–Trinajstić information content (AvgIpc) is 3.11. The van der Waals surface area contributed by atoms with Crippen LogP contribution in [0.4, 0.5) is 4.39 Å². The minimum absolute atomic E-state index is 0.0708. The number of carbonyl (C=O) groups excluding carboxylic acids is 2. The molecule has 0 aliphatic carbocycles. The molecule has 0 radical (unpaired) electrons. The summed E-state index contributed by atoms with van der Waals surface area (Å²) in [6, 6.07) is 9.47. The lowest BCUT2D eigenvalue weighted by atomic mass is 9.97. The van der Waals surface area contributed by atoms with Crippen LogP contribution < -0.4 is 5.32 Å². The maximum atomic E-state index is 13.5. The van der Waals surface area contributed by atoms with Crippen molar-refractivity contribution >= 4 is 11.8 Å². The number of morpholine rings is 1. The van der Waals surface area contributed by atoms with Crippen molar-refractivity contribution in [3.05, 3.63) is 59.3 Å². The number of benzene rings is 1. The van der Waals surface area contributed by atoms with Crippen molar-refractivity contribution < 1.29 is 23.1 Å². The monoisotopic (exact) mass is 374 g/mol. The summed E-state index contributed by atoms with van der Waals surface area (Å²) in [5.74, 6) is -0.442. The Morgan fingerprint density at radius 3 is 2.67 bits per heavy atom. The lowest BCUT2D eigenvalue weighted by molar-refractivity contribution is -0.139. The first-order chi connectivity index (χ1) is 13.0. The number of nitrogens with zero attached hydrogens (tertiary/aromatic N) is 1. The summed E-state index contributed by atoms with van der Waals surface area (Å²) in [6.07, 6.45) is 0.339. The Labute approximate surface area is 157 Å². The van der Waals surface area contributed by atoms with Gasteiger partial charge in [-0.25, -0.2) is 4.39 Å². The molecule has 0 unspecified atom stereocenters. The lowest BCUT2D eigenvalue weighted by Crippen LogP contribution is -2.47. The molecule has 1 aliphatic heterocycles. The summed E-state index contributed by atoms with van der Waals surface area (Å²) < 4.78 is 24.1. The highest BCUT2D eigenvalue weighted by molar-refractivity contribution is 5.92. The molecule has 1 aromatic carbocycles. The van der Waals surface area contributed by atoms with Crippen molar-refractivity contribution in [2.75, 3.05) is 32.8 Å². The van der Waals surface area contributed by atoms with Crippen LogP contribution in [0.2, 0.25) is 0 Å². The van der Waals surface area contributed by atoms with Crippen LogP contribution in [-0.2, 0) is 16.0 Å². The first kappa shape index (κ1) is 19.1. The maximum absolute atomic E-state index is 13.5. The van der Waals surface area contributed by atoms with E-state index in [1.54, 1.807) is 36.1 Å². The van der Waals surface area contributed by atoms with E-state index in [1.807, 2.05) is 0 Å². The number of amides is 2. The summed E-state index contributed by atoms with van der Waals surface area (Å²) in [5, 5.41) is 2.76. The van der Waals surface area contributed by atoms with E-state index in [-0.39, 0.29) is 29.9 Å². The SMILES string of the molecule is Cc1ccc(C(=O)NC[C@H](Cc2cccc(F)c2)C(=O)N2CCOCC2)o1. The highest BCUT2D eigenvalue weighted by Gasteiger charge is 2.27. The van der Waals surface area contributed by atoms with E-state index in [2.05, 4.69) is 5.32 Å². The van der Waals surface area contributed by atoms with Crippen molar-refractivity contribution in [3.8, 4) is 0 Å². The number of aryl methyl sites for hydroxylation is 1. The Bertz CT molecular complexity index is 799. The standard InChI is InChI=1S/C20H23FN2O4/c1-14-5-6-18(27-14)19(24)22-13-16(11-15-3-2-4-17(21)12-15)20(25)23-7-9-26-10-8-23/h2-6,12,16H,7-11,13H2,1H3,(H,22,24)/t16-/m0/s1. The molecule has 2 aromatic rings. The molecule has 6 nitrogen and oxygen atoms in total. The van der Waals surface area contributed by atoms with Gasteiger partial charge in [0.05, 0.1) is 19.1 Å². The van der Waals surface area contributed by atoms with Crippen LogP contribution in [-0.4, -0.2) is 49.6 Å². The van der Waals surface area contributed by atoms with E-state index in [9.17, 15) is 14.0 Å². The van der Waals surface area contributed by atoms with E-state index >= 15 is 0 Å². The zero-order chi connectivity index (χ0) is 19.2. The second kappa shape index (κ2) is 8.81. The van der Waals surface area contributed by atoms with Crippen LogP contribution in [0, 0.1) is 18.7 Å². The van der Waals surface area contributed by atoms with Gasteiger partial charge in [0.2, 0.25) is 5.91 Å². The predicted molar refractivity (Wildman–Crippen MR) is 96.8 cm³/mol. The fourth-order valence-corrected chi connectivity index (χ4v) is 3.10. The normalized spacial score (nSPS) is 15.4. The summed E-state index contributed by atoms with van der Waals surface area (Å²) in [5.41, 5.74) is 0.713. The van der Waals surface area contributed by atoms with Gasteiger partial charge in [-0.05, 0) is 43.2 Å². The average molecular weight is 374 g/mol. The fraction of sp³-hybridized carbons (Fsp3) is 0.400. The molecule has 3 rings (SSSR count). The van der Waals surface area contributed by atoms with Gasteiger partial charge in [-0.3, -0.25) is 9.59 Å². The second-order valence-corrected chi connectivity index (χ2v) is 6.59. The highest BCUT2D eigenvalue weighted by atomic mass is 19.1. The summed E-state index contributed by atoms with van der Waals surface area (Å²) in [6.45, 7) is 3.93. The summed E-state index contributed by atoms with van der Waals surface area (Å²) in [4.78, 5) is 26.9. The van der Waals surface area contributed by atoms with Gasteiger partial charge in [0, 0.05) is 19.6 Å². The minimum Gasteiger partial charge on any atom is -0.456 e. The Kier molecular flexibility index (Phi) is 6.24. The first-order valence-electron chi connectivity index (χ1n) is 8.98. The molecule has 1 atom stereocenters. The molecule has 1 aliphatic rings. The van der Waals surface area contributed by atoms with Gasteiger partial charge >= 0.3 is 0 Å². The van der Waals surface area contributed by atoms with Crippen LogP contribution in [0.25, 0.3) is 0 Å². The van der Waals surface area contributed by atoms with Gasteiger partial charge in [0.1, 0.15) is 11.6 Å². The van der Waals surface area contributed by atoms with Gasteiger partial charge < -0.3 is 19.4 Å². The highest BCUT2D eigenvalue weighted by Crippen LogP contribution is 2.15. The van der Waals surface area contributed by atoms with Gasteiger partial charge in [-0.15, -0.1) is 0 Å². The third kappa shape index (κ3) is 5.17. The summed E-state index contributed by atoms with van der Waals surface area (Å²) in [7, 11) is 0. The van der Waals surface area contributed by atoms with Crippen LogP contribution in [0.1, 0.15) is 21.9 Å². The second-order valence-electron chi connectivity index (χ2n) is 6.59. The number of rotatable bonds is 6. The summed E-state index contributed by atoms with van der Waals surface area (Å²) >= 11 is 0. The number of hydrogen-bond acceptors (Lipinski definition) is 4. The van der Waals surface area contributed by atoms with Gasteiger partial charge in [0.25, 0.3) is 5.91 Å². The van der Waals surface area contributed by atoms with E-state index in [0.717, 1.165) is 0 Å². The molecule has 144 valence electrons. The van der Waals surface area contributed by atoms with E-state index < -0.39 is 5.92 Å². The largest absolute Gasteiger partial charge is 0.456 e. The quantitative estimate of drug-likeness (QED) is 0.841. The molecule has 0 bridgehead atoms. The van der Waals surface area contributed by atoms with E-state index in [1.165, 1.54) is 12.1 Å². The number of carbonyl (C=O) groups is 2. The lowest BCUT2D eigenvalue weighted by Gasteiger charge is -2.30. The Balaban J connectivity index is 1.70. The molecular weight excluding hydrogens is 351 g/mol.